The van der Waals surface area contributed by atoms with Crippen LogP contribution in [-0.2, 0) is 21.1 Å². The quantitative estimate of drug-likeness (QED) is 0.787. The molecule has 1 aliphatic rings. The van der Waals surface area contributed by atoms with Crippen LogP contribution < -0.4 is 11.1 Å². The molecule has 5 nitrogen and oxygen atoms in total. The first-order chi connectivity index (χ1) is 8.99. The lowest BCUT2D eigenvalue weighted by atomic mass is 10.1. The third-order valence-electron chi connectivity index (χ3n) is 3.40. The number of nitrogens with two attached hydrogens (primary N) is 1. The number of carbonyl (C=O) groups is 1. The fraction of sp³-hybridized carbons (Fsp3) is 0.462. The standard InChI is InChI=1S/C13H18N2O3S/c14-12-6-2-1-4-10(12)8-13(16)15-9-11-5-3-7-19(11,17)18/h1-2,4,6,11H,3,5,7-9,14H2,(H,15,16). The highest BCUT2D eigenvalue weighted by Gasteiger charge is 2.31. The van der Waals surface area contributed by atoms with Gasteiger partial charge in [0.2, 0.25) is 5.91 Å². The molecule has 0 bridgehead atoms. The summed E-state index contributed by atoms with van der Waals surface area (Å²) in [6, 6.07) is 7.16. The van der Waals surface area contributed by atoms with Crippen molar-refractivity contribution in [2.45, 2.75) is 24.5 Å². The van der Waals surface area contributed by atoms with E-state index < -0.39 is 15.1 Å². The van der Waals surface area contributed by atoms with Crippen LogP contribution in [0.15, 0.2) is 24.3 Å². The number of para-hydroxylation sites is 1. The van der Waals surface area contributed by atoms with Crippen LogP contribution >= 0.6 is 0 Å². The summed E-state index contributed by atoms with van der Waals surface area (Å²) >= 11 is 0. The highest BCUT2D eigenvalue weighted by molar-refractivity contribution is 7.92. The highest BCUT2D eigenvalue weighted by Crippen LogP contribution is 2.19. The number of hydrogen-bond donors (Lipinski definition) is 2. The van der Waals surface area contributed by atoms with Gasteiger partial charge in [-0.2, -0.15) is 0 Å². The zero-order valence-electron chi connectivity index (χ0n) is 10.6. The van der Waals surface area contributed by atoms with Gasteiger partial charge in [0.05, 0.1) is 17.4 Å². The van der Waals surface area contributed by atoms with E-state index in [2.05, 4.69) is 5.32 Å². The third kappa shape index (κ3) is 3.47. The van der Waals surface area contributed by atoms with Gasteiger partial charge in [-0.15, -0.1) is 0 Å². The van der Waals surface area contributed by atoms with Crippen LogP contribution in [0, 0.1) is 0 Å². The van der Waals surface area contributed by atoms with Crippen molar-refractivity contribution in [2.24, 2.45) is 0 Å². The van der Waals surface area contributed by atoms with Gasteiger partial charge in [-0.05, 0) is 24.5 Å². The normalized spacial score (nSPS) is 21.2. The average Bonchev–Trinajstić information content (AvgIpc) is 2.69. The number of hydrogen-bond acceptors (Lipinski definition) is 4. The Hall–Kier alpha value is -1.56. The number of rotatable bonds is 4. The number of carbonyl (C=O) groups excluding carboxylic acids is 1. The Balaban J connectivity index is 1.87. The zero-order chi connectivity index (χ0) is 13.9. The maximum Gasteiger partial charge on any atom is 0.224 e. The lowest BCUT2D eigenvalue weighted by Crippen LogP contribution is -2.35. The smallest absolute Gasteiger partial charge is 0.224 e. The summed E-state index contributed by atoms with van der Waals surface area (Å²) in [6.07, 6.45) is 1.50. The Bertz CT molecular complexity index is 569. The summed E-state index contributed by atoms with van der Waals surface area (Å²) in [4.78, 5) is 11.8. The molecule has 1 aliphatic heterocycles. The fourth-order valence-electron chi connectivity index (χ4n) is 2.25. The van der Waals surface area contributed by atoms with Crippen molar-refractivity contribution >= 4 is 21.4 Å². The van der Waals surface area contributed by atoms with E-state index in [0.29, 0.717) is 18.5 Å². The van der Waals surface area contributed by atoms with Gasteiger partial charge < -0.3 is 11.1 Å². The van der Waals surface area contributed by atoms with Gasteiger partial charge in [-0.3, -0.25) is 4.79 Å². The van der Waals surface area contributed by atoms with Crippen LogP contribution in [0.4, 0.5) is 5.69 Å². The van der Waals surface area contributed by atoms with E-state index in [9.17, 15) is 13.2 Å². The summed E-state index contributed by atoms with van der Waals surface area (Å²) in [5.41, 5.74) is 7.09. The predicted molar refractivity (Wildman–Crippen MR) is 74.4 cm³/mol. The Morgan fingerprint density at radius 1 is 1.37 bits per heavy atom. The maximum absolute atomic E-state index is 11.8. The number of nitrogen functional groups attached to an aromatic ring is 1. The molecule has 0 saturated carbocycles. The maximum atomic E-state index is 11.8. The summed E-state index contributed by atoms with van der Waals surface area (Å²) < 4.78 is 23.2. The van der Waals surface area contributed by atoms with Crippen molar-refractivity contribution < 1.29 is 13.2 Å². The van der Waals surface area contributed by atoms with Crippen LogP contribution in [0.2, 0.25) is 0 Å². The first kappa shape index (κ1) is 13.9. The molecule has 104 valence electrons. The number of sulfone groups is 1. The second kappa shape index (κ2) is 5.61. The summed E-state index contributed by atoms with van der Waals surface area (Å²) in [7, 11) is -3.00. The second-order valence-electron chi connectivity index (χ2n) is 4.81. The number of anilines is 1. The van der Waals surface area contributed by atoms with E-state index in [1.54, 1.807) is 12.1 Å². The predicted octanol–water partition coefficient (Wildman–Crippen LogP) is 0.505. The first-order valence-electron chi connectivity index (χ1n) is 6.31. The Kier molecular flexibility index (Phi) is 4.09. The molecule has 1 amide bonds. The van der Waals surface area contributed by atoms with Crippen molar-refractivity contribution in [3.63, 3.8) is 0 Å². The molecule has 19 heavy (non-hydrogen) atoms. The topological polar surface area (TPSA) is 89.3 Å². The molecule has 1 heterocycles. The molecule has 1 aromatic rings. The van der Waals surface area contributed by atoms with Crippen LogP contribution in [0.1, 0.15) is 18.4 Å². The van der Waals surface area contributed by atoms with Crippen molar-refractivity contribution in [1.82, 2.24) is 5.32 Å². The Morgan fingerprint density at radius 2 is 2.11 bits per heavy atom. The lowest BCUT2D eigenvalue weighted by molar-refractivity contribution is -0.120. The summed E-state index contributed by atoms with van der Waals surface area (Å²) in [5.74, 6) is 0.0408. The monoisotopic (exact) mass is 282 g/mol. The zero-order valence-corrected chi connectivity index (χ0v) is 11.4. The number of nitrogens with one attached hydrogen (secondary N) is 1. The minimum atomic E-state index is -3.00. The molecule has 0 aromatic heterocycles. The van der Waals surface area contributed by atoms with E-state index in [-0.39, 0.29) is 24.6 Å². The molecule has 6 heteroatoms. The molecule has 1 unspecified atom stereocenters. The largest absolute Gasteiger partial charge is 0.398 e. The van der Waals surface area contributed by atoms with Crippen LogP contribution in [0.3, 0.4) is 0 Å². The van der Waals surface area contributed by atoms with Crippen LogP contribution in [0.5, 0.6) is 0 Å². The van der Waals surface area contributed by atoms with E-state index in [1.165, 1.54) is 0 Å². The van der Waals surface area contributed by atoms with Crippen molar-refractivity contribution in [2.75, 3.05) is 18.0 Å². The van der Waals surface area contributed by atoms with Gasteiger partial charge in [0, 0.05) is 12.2 Å². The van der Waals surface area contributed by atoms with E-state index in [4.69, 9.17) is 5.73 Å². The summed E-state index contributed by atoms with van der Waals surface area (Å²) in [6.45, 7) is 0.202. The van der Waals surface area contributed by atoms with E-state index in [0.717, 1.165) is 5.56 Å². The summed E-state index contributed by atoms with van der Waals surface area (Å²) in [5, 5.41) is 2.26. The molecule has 1 fully saturated rings. The minimum Gasteiger partial charge on any atom is -0.398 e. The van der Waals surface area contributed by atoms with Gasteiger partial charge in [0.25, 0.3) is 0 Å². The molecule has 0 radical (unpaired) electrons. The van der Waals surface area contributed by atoms with Crippen LogP contribution in [-0.4, -0.2) is 31.9 Å². The molecule has 2 rings (SSSR count). The first-order valence-corrected chi connectivity index (χ1v) is 8.02. The fourth-order valence-corrected chi connectivity index (χ4v) is 4.01. The van der Waals surface area contributed by atoms with Crippen molar-refractivity contribution in [1.29, 1.82) is 0 Å². The van der Waals surface area contributed by atoms with Crippen molar-refractivity contribution in [3.05, 3.63) is 29.8 Å². The Labute approximate surface area is 113 Å². The van der Waals surface area contributed by atoms with Crippen molar-refractivity contribution in [3.8, 4) is 0 Å². The number of amides is 1. The third-order valence-corrected chi connectivity index (χ3v) is 5.67. The van der Waals surface area contributed by atoms with Gasteiger partial charge in [-0.1, -0.05) is 18.2 Å². The molecule has 0 spiro atoms. The van der Waals surface area contributed by atoms with Gasteiger partial charge >= 0.3 is 0 Å². The Morgan fingerprint density at radius 3 is 2.74 bits per heavy atom. The number of benzene rings is 1. The van der Waals surface area contributed by atoms with E-state index >= 15 is 0 Å². The highest BCUT2D eigenvalue weighted by atomic mass is 32.2. The van der Waals surface area contributed by atoms with Gasteiger partial charge in [-0.25, -0.2) is 8.42 Å². The van der Waals surface area contributed by atoms with Gasteiger partial charge in [0.1, 0.15) is 0 Å². The SMILES string of the molecule is Nc1ccccc1CC(=O)NCC1CCCS1(=O)=O. The molecule has 1 atom stereocenters. The lowest BCUT2D eigenvalue weighted by Gasteiger charge is -2.11. The minimum absolute atomic E-state index is 0.180. The second-order valence-corrected chi connectivity index (χ2v) is 7.21. The molecular formula is C13H18N2O3S. The molecule has 1 aromatic carbocycles. The van der Waals surface area contributed by atoms with Crippen LogP contribution in [0.25, 0.3) is 0 Å². The average molecular weight is 282 g/mol. The molecule has 0 aliphatic carbocycles. The van der Waals surface area contributed by atoms with Gasteiger partial charge in [0.15, 0.2) is 9.84 Å². The molecular weight excluding hydrogens is 264 g/mol. The molecule has 3 N–H and O–H groups in total. The molecule has 1 saturated heterocycles. The van der Waals surface area contributed by atoms with E-state index in [1.807, 2.05) is 12.1 Å².